The van der Waals surface area contributed by atoms with Crippen molar-refractivity contribution in [3.63, 3.8) is 0 Å². The van der Waals surface area contributed by atoms with Crippen molar-refractivity contribution >= 4 is 34.8 Å². The van der Waals surface area contributed by atoms with E-state index in [1.165, 1.54) is 0 Å². The van der Waals surface area contributed by atoms with Gasteiger partial charge in [0, 0.05) is 6.54 Å². The molecule has 88 valence electrons. The number of nitrogens with two attached hydrogens (primary N) is 1. The molecule has 0 spiro atoms. The summed E-state index contributed by atoms with van der Waals surface area (Å²) in [5.41, 5.74) is 4.36. The van der Waals surface area contributed by atoms with Crippen LogP contribution in [-0.2, 0) is 4.79 Å². The zero-order chi connectivity index (χ0) is 12.3. The normalized spacial score (nSPS) is 11.2. The predicted molar refractivity (Wildman–Crippen MR) is 60.2 cm³/mol. The Morgan fingerprint density at radius 1 is 1.50 bits per heavy atom. The highest BCUT2D eigenvalue weighted by atomic mass is 35.5. The Morgan fingerprint density at radius 3 is 2.56 bits per heavy atom. The van der Waals surface area contributed by atoms with Gasteiger partial charge < -0.3 is 11.1 Å². The summed E-state index contributed by atoms with van der Waals surface area (Å²) in [7, 11) is 0. The van der Waals surface area contributed by atoms with Gasteiger partial charge in [0.25, 0.3) is 5.91 Å². The van der Waals surface area contributed by atoms with Crippen LogP contribution in [0, 0.1) is 5.41 Å². The predicted octanol–water partition coefficient (Wildman–Crippen LogP) is 0.433. The van der Waals surface area contributed by atoms with E-state index in [4.69, 9.17) is 17.3 Å². The summed E-state index contributed by atoms with van der Waals surface area (Å²) < 4.78 is 0.194. The number of hydrogen-bond acceptors (Lipinski definition) is 5. The van der Waals surface area contributed by atoms with Gasteiger partial charge in [0.1, 0.15) is 0 Å². The third kappa shape index (κ3) is 3.14. The highest BCUT2D eigenvalue weighted by Gasteiger charge is 2.26. The summed E-state index contributed by atoms with van der Waals surface area (Å²) in [4.78, 5) is 22.5. The molecule has 3 N–H and O–H groups in total. The molecule has 16 heavy (non-hydrogen) atoms. The lowest BCUT2D eigenvalue weighted by molar-refractivity contribution is -0.125. The van der Waals surface area contributed by atoms with Gasteiger partial charge in [-0.3, -0.25) is 9.59 Å². The van der Waals surface area contributed by atoms with Crippen LogP contribution in [0.3, 0.4) is 0 Å². The molecule has 6 nitrogen and oxygen atoms in total. The summed E-state index contributed by atoms with van der Waals surface area (Å²) in [5.74, 6) is -0.901. The molecular weight excluding hydrogens is 252 g/mol. The second kappa shape index (κ2) is 4.75. The van der Waals surface area contributed by atoms with E-state index in [9.17, 15) is 9.59 Å². The molecule has 1 aromatic heterocycles. The highest BCUT2D eigenvalue weighted by molar-refractivity contribution is 7.17. The second-order valence-electron chi connectivity index (χ2n) is 3.79. The summed E-state index contributed by atoms with van der Waals surface area (Å²) in [6, 6.07) is 0. The quantitative estimate of drug-likeness (QED) is 0.822. The largest absolute Gasteiger partial charge is 0.369 e. The van der Waals surface area contributed by atoms with Crippen LogP contribution in [0.5, 0.6) is 0 Å². The van der Waals surface area contributed by atoms with Crippen molar-refractivity contribution in [1.82, 2.24) is 15.5 Å². The Kier molecular flexibility index (Phi) is 3.82. The van der Waals surface area contributed by atoms with E-state index in [0.717, 1.165) is 11.3 Å². The first-order valence-corrected chi connectivity index (χ1v) is 5.59. The molecule has 0 bridgehead atoms. The highest BCUT2D eigenvalue weighted by Crippen LogP contribution is 2.16. The molecule has 0 fully saturated rings. The number of aromatic nitrogens is 2. The van der Waals surface area contributed by atoms with E-state index < -0.39 is 17.2 Å². The topological polar surface area (TPSA) is 98.0 Å². The van der Waals surface area contributed by atoms with Crippen molar-refractivity contribution in [3.8, 4) is 0 Å². The van der Waals surface area contributed by atoms with Gasteiger partial charge in [-0.2, -0.15) is 0 Å². The lowest BCUT2D eigenvalue weighted by atomic mass is 9.93. The minimum absolute atomic E-state index is 0.137. The first-order chi connectivity index (χ1) is 7.33. The van der Waals surface area contributed by atoms with Crippen LogP contribution >= 0.6 is 22.9 Å². The van der Waals surface area contributed by atoms with Crippen LogP contribution < -0.4 is 11.1 Å². The molecule has 0 aliphatic heterocycles. The molecule has 0 atom stereocenters. The number of nitrogens with one attached hydrogen (secondary N) is 1. The third-order valence-electron chi connectivity index (χ3n) is 1.95. The fraction of sp³-hybridized carbons (Fsp3) is 0.500. The molecule has 0 saturated heterocycles. The molecule has 0 aromatic carbocycles. The lowest BCUT2D eigenvalue weighted by Gasteiger charge is -2.20. The standard InChI is InChI=1S/C8H11ClN4O2S/c1-8(2,6(10)15)3-11-4(14)5-12-13-7(9)16-5/h3H2,1-2H3,(H2,10,15)(H,11,14). The summed E-state index contributed by atoms with van der Waals surface area (Å²) >= 11 is 6.51. The van der Waals surface area contributed by atoms with E-state index >= 15 is 0 Å². The first-order valence-electron chi connectivity index (χ1n) is 4.40. The minimum Gasteiger partial charge on any atom is -0.369 e. The summed E-state index contributed by atoms with van der Waals surface area (Å²) in [6.07, 6.45) is 0. The number of nitrogens with zero attached hydrogens (tertiary/aromatic N) is 2. The molecule has 8 heteroatoms. The second-order valence-corrected chi connectivity index (χ2v) is 5.35. The summed E-state index contributed by atoms with van der Waals surface area (Å²) in [6.45, 7) is 3.42. The van der Waals surface area contributed by atoms with Crippen molar-refractivity contribution < 1.29 is 9.59 Å². The van der Waals surface area contributed by atoms with E-state index in [2.05, 4.69) is 15.5 Å². The summed E-state index contributed by atoms with van der Waals surface area (Å²) in [5, 5.41) is 9.77. The van der Waals surface area contributed by atoms with E-state index in [-0.39, 0.29) is 16.0 Å². The number of carbonyl (C=O) groups is 2. The minimum atomic E-state index is -0.801. The zero-order valence-corrected chi connectivity index (χ0v) is 10.4. The van der Waals surface area contributed by atoms with Crippen LogP contribution in [0.2, 0.25) is 4.47 Å². The van der Waals surface area contributed by atoms with Crippen LogP contribution in [0.4, 0.5) is 0 Å². The van der Waals surface area contributed by atoms with Gasteiger partial charge in [-0.15, -0.1) is 10.2 Å². The number of primary amides is 1. The van der Waals surface area contributed by atoms with Crippen molar-refractivity contribution in [2.75, 3.05) is 6.54 Å². The Balaban J connectivity index is 2.57. The van der Waals surface area contributed by atoms with Gasteiger partial charge in [0.15, 0.2) is 0 Å². The van der Waals surface area contributed by atoms with E-state index in [1.54, 1.807) is 13.8 Å². The van der Waals surface area contributed by atoms with Crippen LogP contribution in [0.15, 0.2) is 0 Å². The lowest BCUT2D eigenvalue weighted by Crippen LogP contribution is -2.42. The molecule has 2 amide bonds. The van der Waals surface area contributed by atoms with Crippen LogP contribution in [0.25, 0.3) is 0 Å². The SMILES string of the molecule is CC(C)(CNC(=O)c1nnc(Cl)s1)C(N)=O. The smallest absolute Gasteiger partial charge is 0.282 e. The Labute approximate surface area is 101 Å². The number of halogens is 1. The molecule has 0 aliphatic rings. The monoisotopic (exact) mass is 262 g/mol. The average molecular weight is 263 g/mol. The maximum atomic E-state index is 11.5. The molecule has 0 unspecified atom stereocenters. The Morgan fingerprint density at radius 2 is 2.12 bits per heavy atom. The molecule has 1 aromatic rings. The number of amides is 2. The van der Waals surface area contributed by atoms with Gasteiger partial charge in [0.2, 0.25) is 15.4 Å². The number of hydrogen-bond donors (Lipinski definition) is 2. The van der Waals surface area contributed by atoms with Gasteiger partial charge in [-0.25, -0.2) is 0 Å². The van der Waals surface area contributed by atoms with Crippen molar-refractivity contribution in [2.45, 2.75) is 13.8 Å². The average Bonchev–Trinajstić information content (AvgIpc) is 2.61. The molecule has 1 rings (SSSR count). The molecule has 0 radical (unpaired) electrons. The van der Waals surface area contributed by atoms with Crippen molar-refractivity contribution in [1.29, 1.82) is 0 Å². The van der Waals surface area contributed by atoms with Gasteiger partial charge in [-0.1, -0.05) is 11.3 Å². The fourth-order valence-electron chi connectivity index (χ4n) is 0.761. The van der Waals surface area contributed by atoms with Crippen molar-refractivity contribution in [3.05, 3.63) is 9.47 Å². The van der Waals surface area contributed by atoms with E-state index in [1.807, 2.05) is 0 Å². The maximum Gasteiger partial charge on any atom is 0.282 e. The van der Waals surface area contributed by atoms with Gasteiger partial charge >= 0.3 is 0 Å². The Bertz CT molecular complexity index is 418. The molecular formula is C8H11ClN4O2S. The van der Waals surface area contributed by atoms with Crippen molar-refractivity contribution in [2.24, 2.45) is 11.1 Å². The van der Waals surface area contributed by atoms with Gasteiger partial charge in [-0.05, 0) is 25.4 Å². The fourth-order valence-corrected chi connectivity index (χ4v) is 1.51. The number of rotatable bonds is 4. The third-order valence-corrected chi connectivity index (χ3v) is 2.97. The first kappa shape index (κ1) is 12.9. The maximum absolute atomic E-state index is 11.5. The van der Waals surface area contributed by atoms with Gasteiger partial charge in [0.05, 0.1) is 5.41 Å². The Hall–Kier alpha value is -1.21. The molecule has 0 saturated carbocycles. The van der Waals surface area contributed by atoms with E-state index in [0.29, 0.717) is 0 Å². The van der Waals surface area contributed by atoms with Crippen LogP contribution in [0.1, 0.15) is 23.6 Å². The zero-order valence-electron chi connectivity index (χ0n) is 8.78. The molecule has 1 heterocycles. The molecule has 0 aliphatic carbocycles. The number of carbonyl (C=O) groups excluding carboxylic acids is 2. The van der Waals surface area contributed by atoms with Crippen LogP contribution in [-0.4, -0.2) is 28.6 Å².